The van der Waals surface area contributed by atoms with Crippen molar-refractivity contribution >= 4 is 29.9 Å². The number of guanidine groups is 1. The highest BCUT2D eigenvalue weighted by molar-refractivity contribution is 14.0. The van der Waals surface area contributed by atoms with Crippen molar-refractivity contribution in [2.75, 3.05) is 72.2 Å². The van der Waals surface area contributed by atoms with Crippen LogP contribution in [0.2, 0.25) is 0 Å². The molecule has 24 heavy (non-hydrogen) atoms. The summed E-state index contributed by atoms with van der Waals surface area (Å²) in [6.07, 6.45) is 1.27. The van der Waals surface area contributed by atoms with Crippen molar-refractivity contribution in [1.29, 1.82) is 0 Å². The second kappa shape index (κ2) is 9.54. The van der Waals surface area contributed by atoms with Crippen LogP contribution < -0.4 is 5.32 Å². The Labute approximate surface area is 163 Å². The first-order valence-corrected chi connectivity index (χ1v) is 9.10. The van der Waals surface area contributed by atoms with Gasteiger partial charge in [-0.2, -0.15) is 0 Å². The van der Waals surface area contributed by atoms with E-state index in [1.807, 2.05) is 0 Å². The van der Waals surface area contributed by atoms with Gasteiger partial charge in [0.25, 0.3) is 0 Å². The molecule has 6 nitrogen and oxygen atoms in total. The fourth-order valence-corrected chi connectivity index (χ4v) is 3.56. The molecule has 3 aliphatic rings. The van der Waals surface area contributed by atoms with Gasteiger partial charge in [-0.1, -0.05) is 6.92 Å². The topological polar surface area (TPSA) is 49.3 Å². The van der Waals surface area contributed by atoms with E-state index in [4.69, 9.17) is 14.5 Å². The monoisotopic (exact) mass is 452 g/mol. The minimum Gasteiger partial charge on any atom is -0.380 e. The molecule has 3 rings (SSSR count). The Hall–Kier alpha value is -0.120. The molecule has 0 aromatic carbocycles. The van der Waals surface area contributed by atoms with Crippen LogP contribution in [-0.2, 0) is 9.47 Å². The molecular formula is C17H33IN4O2. The summed E-state index contributed by atoms with van der Waals surface area (Å²) in [6.45, 7) is 15.3. The molecule has 140 valence electrons. The highest BCUT2D eigenvalue weighted by atomic mass is 127. The van der Waals surface area contributed by atoms with Gasteiger partial charge in [-0.05, 0) is 19.3 Å². The first kappa shape index (κ1) is 20.2. The van der Waals surface area contributed by atoms with Gasteiger partial charge in [0.2, 0.25) is 0 Å². The summed E-state index contributed by atoms with van der Waals surface area (Å²) in [5.74, 6) is 1.84. The zero-order chi connectivity index (χ0) is 16.1. The average Bonchev–Trinajstić information content (AvgIpc) is 2.99. The summed E-state index contributed by atoms with van der Waals surface area (Å²) in [7, 11) is 0. The first-order chi connectivity index (χ1) is 11.2. The average molecular weight is 452 g/mol. The van der Waals surface area contributed by atoms with Gasteiger partial charge in [0, 0.05) is 44.7 Å². The lowest BCUT2D eigenvalue weighted by Gasteiger charge is -2.37. The number of hydrogen-bond donors (Lipinski definition) is 1. The van der Waals surface area contributed by atoms with E-state index in [2.05, 4.69) is 29.0 Å². The maximum atomic E-state index is 5.44. The fourth-order valence-electron chi connectivity index (χ4n) is 3.56. The van der Waals surface area contributed by atoms with Crippen LogP contribution >= 0.6 is 24.0 Å². The number of nitrogens with one attached hydrogen (secondary N) is 1. The minimum absolute atomic E-state index is 0. The maximum Gasteiger partial charge on any atom is 0.193 e. The predicted molar refractivity (Wildman–Crippen MR) is 107 cm³/mol. The third-order valence-electron chi connectivity index (χ3n) is 5.05. The van der Waals surface area contributed by atoms with Crippen molar-refractivity contribution in [3.63, 3.8) is 0 Å². The number of likely N-dealkylation sites (tertiary alicyclic amines) is 1. The molecule has 0 aromatic heterocycles. The summed E-state index contributed by atoms with van der Waals surface area (Å²) in [6, 6.07) is 0. The third-order valence-corrected chi connectivity index (χ3v) is 5.05. The molecule has 0 amide bonds. The highest BCUT2D eigenvalue weighted by Crippen LogP contribution is 2.27. The number of halogens is 1. The number of nitrogens with zero attached hydrogens (tertiary/aromatic N) is 3. The van der Waals surface area contributed by atoms with Gasteiger partial charge in [-0.15, -0.1) is 24.0 Å². The van der Waals surface area contributed by atoms with Gasteiger partial charge < -0.3 is 19.7 Å². The normalized spacial score (nSPS) is 27.5. The van der Waals surface area contributed by atoms with E-state index in [1.54, 1.807) is 0 Å². The lowest BCUT2D eigenvalue weighted by Crippen LogP contribution is -2.45. The number of ether oxygens (including phenoxy) is 2. The summed E-state index contributed by atoms with van der Waals surface area (Å²) >= 11 is 0. The van der Waals surface area contributed by atoms with Crippen LogP contribution in [0.3, 0.4) is 0 Å². The Kier molecular flexibility index (Phi) is 8.03. The SMILES string of the molecule is CCNC(=NCC1(C)COC1)N1CCC(CN2CCOCC2)C1.I. The van der Waals surface area contributed by atoms with Crippen molar-refractivity contribution in [3.8, 4) is 0 Å². The molecular weight excluding hydrogens is 419 g/mol. The van der Waals surface area contributed by atoms with Gasteiger partial charge in [-0.3, -0.25) is 9.89 Å². The Morgan fingerprint density at radius 1 is 1.21 bits per heavy atom. The predicted octanol–water partition coefficient (Wildman–Crippen LogP) is 1.26. The van der Waals surface area contributed by atoms with E-state index in [9.17, 15) is 0 Å². The first-order valence-electron chi connectivity index (χ1n) is 9.10. The Morgan fingerprint density at radius 2 is 1.96 bits per heavy atom. The van der Waals surface area contributed by atoms with Gasteiger partial charge in [-0.25, -0.2) is 0 Å². The number of rotatable bonds is 5. The van der Waals surface area contributed by atoms with Crippen LogP contribution in [0.5, 0.6) is 0 Å². The molecule has 3 heterocycles. The quantitative estimate of drug-likeness (QED) is 0.387. The number of hydrogen-bond acceptors (Lipinski definition) is 4. The smallest absolute Gasteiger partial charge is 0.193 e. The summed E-state index contributed by atoms with van der Waals surface area (Å²) in [5, 5.41) is 3.47. The number of morpholine rings is 1. The third kappa shape index (κ3) is 5.44. The molecule has 3 fully saturated rings. The molecule has 0 saturated carbocycles. The van der Waals surface area contributed by atoms with Gasteiger partial charge >= 0.3 is 0 Å². The highest BCUT2D eigenvalue weighted by Gasteiger charge is 2.34. The Balaban J connectivity index is 0.00000208. The maximum absolute atomic E-state index is 5.44. The van der Waals surface area contributed by atoms with Crippen LogP contribution in [0.15, 0.2) is 4.99 Å². The second-order valence-corrected chi connectivity index (χ2v) is 7.49. The summed E-state index contributed by atoms with van der Waals surface area (Å²) in [4.78, 5) is 9.88. The van der Waals surface area contributed by atoms with Gasteiger partial charge in [0.1, 0.15) is 0 Å². The van der Waals surface area contributed by atoms with Crippen molar-refractivity contribution in [2.45, 2.75) is 20.3 Å². The zero-order valence-electron chi connectivity index (χ0n) is 15.1. The largest absolute Gasteiger partial charge is 0.380 e. The molecule has 0 radical (unpaired) electrons. The molecule has 3 aliphatic heterocycles. The van der Waals surface area contributed by atoms with Crippen LogP contribution in [0.4, 0.5) is 0 Å². The van der Waals surface area contributed by atoms with Crippen molar-refractivity contribution < 1.29 is 9.47 Å². The van der Waals surface area contributed by atoms with Gasteiger partial charge in [0.15, 0.2) is 5.96 Å². The van der Waals surface area contributed by atoms with E-state index in [0.29, 0.717) is 0 Å². The van der Waals surface area contributed by atoms with E-state index >= 15 is 0 Å². The minimum atomic E-state index is 0. The Bertz CT molecular complexity index is 411. The molecule has 0 spiro atoms. The van der Waals surface area contributed by atoms with E-state index in [0.717, 1.165) is 77.6 Å². The molecule has 1 unspecified atom stereocenters. The standard InChI is InChI=1S/C17H32N4O2.HI/c1-3-18-16(19-12-17(2)13-23-14-17)21-5-4-15(11-21)10-20-6-8-22-9-7-20;/h15H,3-14H2,1-2H3,(H,18,19);1H. The zero-order valence-corrected chi connectivity index (χ0v) is 17.5. The van der Waals surface area contributed by atoms with Crippen molar-refractivity contribution in [1.82, 2.24) is 15.1 Å². The van der Waals surface area contributed by atoms with E-state index < -0.39 is 0 Å². The van der Waals surface area contributed by atoms with Gasteiger partial charge in [0.05, 0.1) is 33.0 Å². The number of aliphatic imine (C=N–C) groups is 1. The molecule has 1 N–H and O–H groups in total. The van der Waals surface area contributed by atoms with Crippen LogP contribution in [0.25, 0.3) is 0 Å². The van der Waals surface area contributed by atoms with Crippen LogP contribution in [0.1, 0.15) is 20.3 Å². The fraction of sp³-hybridized carbons (Fsp3) is 0.941. The molecule has 3 saturated heterocycles. The summed E-state index contributed by atoms with van der Waals surface area (Å²) in [5.41, 5.74) is 0.244. The van der Waals surface area contributed by atoms with Crippen molar-refractivity contribution in [2.24, 2.45) is 16.3 Å². The summed E-state index contributed by atoms with van der Waals surface area (Å²) < 4.78 is 10.8. The lowest BCUT2D eigenvalue weighted by atomic mass is 9.89. The van der Waals surface area contributed by atoms with E-state index in [1.165, 1.54) is 13.0 Å². The molecule has 1 atom stereocenters. The molecule has 0 bridgehead atoms. The van der Waals surface area contributed by atoms with Crippen LogP contribution in [-0.4, -0.2) is 88.0 Å². The van der Waals surface area contributed by atoms with Crippen LogP contribution in [0, 0.1) is 11.3 Å². The molecule has 7 heteroatoms. The molecule has 0 aromatic rings. The molecule has 0 aliphatic carbocycles. The van der Waals surface area contributed by atoms with Crippen molar-refractivity contribution in [3.05, 3.63) is 0 Å². The van der Waals surface area contributed by atoms with E-state index in [-0.39, 0.29) is 29.4 Å². The second-order valence-electron chi connectivity index (χ2n) is 7.49. The Morgan fingerprint density at radius 3 is 2.58 bits per heavy atom. The lowest BCUT2D eigenvalue weighted by molar-refractivity contribution is -0.0945.